The Balaban J connectivity index is 2.77. The molecule has 0 fully saturated rings. The molecule has 0 aliphatic rings. The lowest BCUT2D eigenvalue weighted by molar-refractivity contribution is 0.0692. The van der Waals surface area contributed by atoms with Gasteiger partial charge in [0.15, 0.2) is 0 Å². The summed E-state index contributed by atoms with van der Waals surface area (Å²) in [5.41, 5.74) is 0.552. The highest BCUT2D eigenvalue weighted by Gasteiger charge is 2.11. The summed E-state index contributed by atoms with van der Waals surface area (Å²) >= 11 is 0. The molecule has 0 atom stereocenters. The Morgan fingerprint density at radius 1 is 1.28 bits per heavy atom. The second-order valence-electron chi connectivity index (χ2n) is 4.40. The van der Waals surface area contributed by atoms with Crippen molar-refractivity contribution in [2.45, 2.75) is 33.2 Å². The molecule has 0 aliphatic heterocycles. The van der Waals surface area contributed by atoms with Crippen molar-refractivity contribution in [3.63, 3.8) is 0 Å². The highest BCUT2D eigenvalue weighted by molar-refractivity contribution is 5.87. The molecule has 4 heteroatoms. The number of hydrogen-bond acceptors (Lipinski definition) is 2. The minimum atomic E-state index is -1.22. The molecule has 0 bridgehead atoms. The van der Waals surface area contributed by atoms with E-state index in [2.05, 4.69) is 18.7 Å². The lowest BCUT2D eigenvalue weighted by atomic mass is 10.1. The number of nitrogens with zero attached hydrogens (tertiary/aromatic N) is 1. The Hall–Kier alpha value is -1.42. The van der Waals surface area contributed by atoms with E-state index in [1.165, 1.54) is 12.1 Å². The average Bonchev–Trinajstić information content (AvgIpc) is 2.29. The molecule has 100 valence electrons. The minimum absolute atomic E-state index is 0.267. The summed E-state index contributed by atoms with van der Waals surface area (Å²) in [4.78, 5) is 13.0. The Bertz CT molecular complexity index is 401. The Kier molecular flexibility index (Phi) is 5.78. The molecule has 1 aromatic carbocycles. The summed E-state index contributed by atoms with van der Waals surface area (Å²) in [7, 11) is 0. The molecule has 1 N–H and O–H groups in total. The van der Waals surface area contributed by atoms with E-state index in [4.69, 9.17) is 5.11 Å². The van der Waals surface area contributed by atoms with E-state index in [1.54, 1.807) is 6.07 Å². The molecular weight excluding hydrogens is 233 g/mol. The van der Waals surface area contributed by atoms with Gasteiger partial charge in [0.25, 0.3) is 0 Å². The van der Waals surface area contributed by atoms with E-state index >= 15 is 0 Å². The van der Waals surface area contributed by atoms with E-state index in [1.807, 2.05) is 0 Å². The quantitative estimate of drug-likeness (QED) is 0.811. The summed E-state index contributed by atoms with van der Waals surface area (Å²) in [5.74, 6) is -1.88. The number of carboxylic acids is 1. The summed E-state index contributed by atoms with van der Waals surface area (Å²) in [6.45, 7) is 6.82. The Labute approximate surface area is 107 Å². The van der Waals surface area contributed by atoms with Gasteiger partial charge in [0.05, 0.1) is 5.56 Å². The van der Waals surface area contributed by atoms with Gasteiger partial charge in [-0.3, -0.25) is 4.90 Å². The zero-order chi connectivity index (χ0) is 13.5. The van der Waals surface area contributed by atoms with Crippen LogP contribution in [0.1, 0.15) is 42.6 Å². The van der Waals surface area contributed by atoms with Crippen molar-refractivity contribution >= 4 is 5.97 Å². The van der Waals surface area contributed by atoms with Gasteiger partial charge in [-0.15, -0.1) is 0 Å². The van der Waals surface area contributed by atoms with Crippen molar-refractivity contribution in [1.29, 1.82) is 0 Å². The van der Waals surface area contributed by atoms with Gasteiger partial charge in [-0.1, -0.05) is 19.9 Å². The van der Waals surface area contributed by atoms with Gasteiger partial charge in [0.2, 0.25) is 0 Å². The number of aromatic carboxylic acids is 1. The number of hydrogen-bond donors (Lipinski definition) is 1. The molecule has 0 unspecified atom stereocenters. The normalized spacial score (nSPS) is 10.9. The van der Waals surface area contributed by atoms with Gasteiger partial charge in [-0.2, -0.15) is 0 Å². The first-order valence-corrected chi connectivity index (χ1v) is 6.32. The lowest BCUT2D eigenvalue weighted by Gasteiger charge is -2.21. The number of halogens is 1. The summed E-state index contributed by atoms with van der Waals surface area (Å²) in [5, 5.41) is 8.76. The standard InChI is InChI=1S/C14H20FNO2/c1-3-7-16(8-4-2)10-11-5-6-12(14(17)18)13(15)9-11/h5-6,9H,3-4,7-8,10H2,1-2H3,(H,17,18). The van der Waals surface area contributed by atoms with Crippen molar-refractivity contribution in [3.05, 3.63) is 35.1 Å². The van der Waals surface area contributed by atoms with Gasteiger partial charge >= 0.3 is 5.97 Å². The second-order valence-corrected chi connectivity index (χ2v) is 4.40. The number of carbonyl (C=O) groups is 1. The molecule has 0 amide bonds. The van der Waals surface area contributed by atoms with Crippen LogP contribution in [-0.2, 0) is 6.54 Å². The molecule has 0 aliphatic carbocycles. The topological polar surface area (TPSA) is 40.5 Å². The van der Waals surface area contributed by atoms with Gasteiger partial charge < -0.3 is 5.11 Å². The molecule has 1 rings (SSSR count). The molecule has 0 heterocycles. The molecular formula is C14H20FNO2. The van der Waals surface area contributed by atoms with Crippen LogP contribution in [0.25, 0.3) is 0 Å². The average molecular weight is 253 g/mol. The zero-order valence-electron chi connectivity index (χ0n) is 10.9. The van der Waals surface area contributed by atoms with Gasteiger partial charge in [0.1, 0.15) is 5.82 Å². The van der Waals surface area contributed by atoms with E-state index < -0.39 is 11.8 Å². The van der Waals surface area contributed by atoms with Gasteiger partial charge in [-0.25, -0.2) is 9.18 Å². The van der Waals surface area contributed by atoms with Crippen molar-refractivity contribution in [3.8, 4) is 0 Å². The lowest BCUT2D eigenvalue weighted by Crippen LogP contribution is -2.25. The maximum absolute atomic E-state index is 13.5. The number of benzene rings is 1. The van der Waals surface area contributed by atoms with Gasteiger partial charge in [0, 0.05) is 6.54 Å². The fraction of sp³-hybridized carbons (Fsp3) is 0.500. The largest absolute Gasteiger partial charge is 0.478 e. The smallest absolute Gasteiger partial charge is 0.338 e. The predicted octanol–water partition coefficient (Wildman–Crippen LogP) is 3.15. The third kappa shape index (κ3) is 4.11. The van der Waals surface area contributed by atoms with Crippen LogP contribution in [0.4, 0.5) is 4.39 Å². The minimum Gasteiger partial charge on any atom is -0.478 e. The monoisotopic (exact) mass is 253 g/mol. The Morgan fingerprint density at radius 3 is 2.33 bits per heavy atom. The SMILES string of the molecule is CCCN(CCC)Cc1ccc(C(=O)O)c(F)c1. The van der Waals surface area contributed by atoms with Crippen LogP contribution in [0.5, 0.6) is 0 Å². The Morgan fingerprint density at radius 2 is 1.89 bits per heavy atom. The van der Waals surface area contributed by atoms with Crippen molar-refractivity contribution in [1.82, 2.24) is 4.90 Å². The first-order chi connectivity index (χ1) is 8.58. The fourth-order valence-corrected chi connectivity index (χ4v) is 1.99. The van der Waals surface area contributed by atoms with Crippen LogP contribution in [-0.4, -0.2) is 29.1 Å². The number of rotatable bonds is 7. The third-order valence-corrected chi connectivity index (χ3v) is 2.75. The first-order valence-electron chi connectivity index (χ1n) is 6.32. The maximum atomic E-state index is 13.5. The molecule has 0 radical (unpaired) electrons. The van der Waals surface area contributed by atoms with E-state index in [9.17, 15) is 9.18 Å². The molecule has 1 aromatic rings. The molecule has 0 saturated heterocycles. The number of carboxylic acid groups (broad SMARTS) is 1. The molecule has 18 heavy (non-hydrogen) atoms. The van der Waals surface area contributed by atoms with Crippen LogP contribution >= 0.6 is 0 Å². The van der Waals surface area contributed by atoms with Crippen LogP contribution in [0, 0.1) is 5.82 Å². The first kappa shape index (κ1) is 14.6. The zero-order valence-corrected chi connectivity index (χ0v) is 10.9. The molecule has 0 spiro atoms. The van der Waals surface area contributed by atoms with Crippen LogP contribution < -0.4 is 0 Å². The molecule has 3 nitrogen and oxygen atoms in total. The summed E-state index contributed by atoms with van der Waals surface area (Å²) in [6, 6.07) is 4.34. The van der Waals surface area contributed by atoms with Crippen molar-refractivity contribution < 1.29 is 14.3 Å². The van der Waals surface area contributed by atoms with E-state index in [-0.39, 0.29) is 5.56 Å². The van der Waals surface area contributed by atoms with Crippen molar-refractivity contribution in [2.75, 3.05) is 13.1 Å². The van der Waals surface area contributed by atoms with E-state index in [0.29, 0.717) is 6.54 Å². The maximum Gasteiger partial charge on any atom is 0.338 e. The summed E-state index contributed by atoms with van der Waals surface area (Å²) in [6.07, 6.45) is 2.10. The van der Waals surface area contributed by atoms with Crippen LogP contribution in [0.2, 0.25) is 0 Å². The summed E-state index contributed by atoms with van der Waals surface area (Å²) < 4.78 is 13.5. The fourth-order valence-electron chi connectivity index (χ4n) is 1.99. The predicted molar refractivity (Wildman–Crippen MR) is 69.2 cm³/mol. The van der Waals surface area contributed by atoms with Crippen LogP contribution in [0.3, 0.4) is 0 Å². The molecule has 0 saturated carbocycles. The second kappa shape index (κ2) is 7.11. The van der Waals surface area contributed by atoms with Crippen molar-refractivity contribution in [2.24, 2.45) is 0 Å². The van der Waals surface area contributed by atoms with Gasteiger partial charge in [-0.05, 0) is 43.6 Å². The highest BCUT2D eigenvalue weighted by Crippen LogP contribution is 2.13. The highest BCUT2D eigenvalue weighted by atomic mass is 19.1. The van der Waals surface area contributed by atoms with Crippen LogP contribution in [0.15, 0.2) is 18.2 Å². The molecule has 0 aromatic heterocycles. The third-order valence-electron chi connectivity index (χ3n) is 2.75. The van der Waals surface area contributed by atoms with E-state index in [0.717, 1.165) is 31.5 Å².